The molecule has 0 aliphatic heterocycles. The summed E-state index contributed by atoms with van der Waals surface area (Å²) in [5.41, 5.74) is 4.65. The first kappa shape index (κ1) is 18.1. The topological polar surface area (TPSA) is 64.0 Å². The highest BCUT2D eigenvalue weighted by molar-refractivity contribution is 7.19. The van der Waals surface area contributed by atoms with Gasteiger partial charge in [-0.15, -0.1) is 11.3 Å². The SMILES string of the molecule is Cc1sc2ncn(NC(=O)Cc3ccc(F)cc3)c(=O)c2c1-c1ccccc1. The predicted octanol–water partition coefficient (Wildman–Crippen LogP) is 3.89. The number of aromatic nitrogens is 2. The van der Waals surface area contributed by atoms with Gasteiger partial charge in [-0.1, -0.05) is 42.5 Å². The van der Waals surface area contributed by atoms with Crippen molar-refractivity contribution in [3.05, 3.63) is 87.5 Å². The number of nitrogens with zero attached hydrogens (tertiary/aromatic N) is 2. The molecular formula is C21H16FN3O2S. The molecule has 0 saturated heterocycles. The predicted molar refractivity (Wildman–Crippen MR) is 109 cm³/mol. The van der Waals surface area contributed by atoms with Gasteiger partial charge in [0, 0.05) is 10.4 Å². The molecule has 2 aromatic carbocycles. The lowest BCUT2D eigenvalue weighted by Gasteiger charge is -2.08. The zero-order chi connectivity index (χ0) is 19.7. The Bertz CT molecular complexity index is 1210. The summed E-state index contributed by atoms with van der Waals surface area (Å²) in [5, 5.41) is 0.485. The molecule has 1 N–H and O–H groups in total. The maximum absolute atomic E-state index is 13.0. The van der Waals surface area contributed by atoms with Crippen molar-refractivity contribution in [1.82, 2.24) is 9.66 Å². The van der Waals surface area contributed by atoms with Crippen LogP contribution in [0.5, 0.6) is 0 Å². The van der Waals surface area contributed by atoms with Crippen LogP contribution in [0.25, 0.3) is 21.3 Å². The molecule has 0 bridgehead atoms. The number of rotatable bonds is 4. The summed E-state index contributed by atoms with van der Waals surface area (Å²) in [6.45, 7) is 1.95. The number of aryl methyl sites for hydroxylation is 1. The fourth-order valence-electron chi connectivity index (χ4n) is 3.10. The number of amides is 1. The second kappa shape index (κ2) is 7.36. The van der Waals surface area contributed by atoms with Crippen LogP contribution in [0.3, 0.4) is 0 Å². The average Bonchev–Trinajstić information content (AvgIpc) is 3.03. The number of hydrogen-bond donors (Lipinski definition) is 1. The molecule has 140 valence electrons. The van der Waals surface area contributed by atoms with Gasteiger partial charge in [-0.3, -0.25) is 15.0 Å². The molecule has 28 heavy (non-hydrogen) atoms. The van der Waals surface area contributed by atoms with Crippen molar-refractivity contribution in [2.24, 2.45) is 0 Å². The van der Waals surface area contributed by atoms with Crippen LogP contribution >= 0.6 is 11.3 Å². The fourth-order valence-corrected chi connectivity index (χ4v) is 4.10. The maximum Gasteiger partial charge on any atom is 0.281 e. The molecular weight excluding hydrogens is 377 g/mol. The van der Waals surface area contributed by atoms with Crippen molar-refractivity contribution in [2.75, 3.05) is 5.43 Å². The van der Waals surface area contributed by atoms with Crippen LogP contribution in [-0.2, 0) is 11.2 Å². The number of hydrogen-bond acceptors (Lipinski definition) is 4. The molecule has 0 spiro atoms. The van der Waals surface area contributed by atoms with Crippen molar-refractivity contribution >= 4 is 27.5 Å². The van der Waals surface area contributed by atoms with E-state index in [9.17, 15) is 14.0 Å². The summed E-state index contributed by atoms with van der Waals surface area (Å²) in [5.74, 6) is -0.751. The first-order valence-corrected chi connectivity index (χ1v) is 9.45. The molecule has 0 atom stereocenters. The quantitative estimate of drug-likeness (QED) is 0.572. The van der Waals surface area contributed by atoms with Crippen molar-refractivity contribution in [3.63, 3.8) is 0 Å². The molecule has 0 saturated carbocycles. The Morgan fingerprint density at radius 2 is 1.86 bits per heavy atom. The van der Waals surface area contributed by atoms with Gasteiger partial charge in [0.15, 0.2) is 0 Å². The van der Waals surface area contributed by atoms with Gasteiger partial charge in [-0.25, -0.2) is 14.1 Å². The van der Waals surface area contributed by atoms with Gasteiger partial charge < -0.3 is 0 Å². The van der Waals surface area contributed by atoms with E-state index in [1.807, 2.05) is 37.3 Å². The molecule has 7 heteroatoms. The third kappa shape index (κ3) is 3.44. The number of benzene rings is 2. The Labute approximate surface area is 164 Å². The molecule has 5 nitrogen and oxygen atoms in total. The summed E-state index contributed by atoms with van der Waals surface area (Å²) >= 11 is 1.45. The molecule has 2 aromatic heterocycles. The Kier molecular flexibility index (Phi) is 4.75. The molecule has 0 aliphatic rings. The van der Waals surface area contributed by atoms with E-state index in [-0.39, 0.29) is 23.7 Å². The van der Waals surface area contributed by atoms with E-state index in [0.29, 0.717) is 15.8 Å². The van der Waals surface area contributed by atoms with Crippen molar-refractivity contribution in [2.45, 2.75) is 13.3 Å². The number of halogens is 1. The molecule has 1 amide bonds. The Balaban J connectivity index is 1.69. The van der Waals surface area contributed by atoms with Gasteiger partial charge in [-0.2, -0.15) is 0 Å². The van der Waals surface area contributed by atoms with E-state index < -0.39 is 0 Å². The highest BCUT2D eigenvalue weighted by atomic mass is 32.1. The van der Waals surface area contributed by atoms with E-state index in [2.05, 4.69) is 10.4 Å². The molecule has 0 fully saturated rings. The molecule has 4 rings (SSSR count). The Morgan fingerprint density at radius 3 is 2.57 bits per heavy atom. The average molecular weight is 393 g/mol. The monoisotopic (exact) mass is 393 g/mol. The number of fused-ring (bicyclic) bond motifs is 1. The summed E-state index contributed by atoms with van der Waals surface area (Å²) in [4.78, 5) is 31.3. The minimum atomic E-state index is -0.386. The Morgan fingerprint density at radius 1 is 1.14 bits per heavy atom. The van der Waals surface area contributed by atoms with Crippen molar-refractivity contribution in [3.8, 4) is 11.1 Å². The summed E-state index contributed by atoms with van der Waals surface area (Å²) in [6, 6.07) is 15.3. The lowest BCUT2D eigenvalue weighted by molar-refractivity contribution is -0.116. The largest absolute Gasteiger partial charge is 0.281 e. The van der Waals surface area contributed by atoms with Gasteiger partial charge in [0.1, 0.15) is 17.0 Å². The van der Waals surface area contributed by atoms with E-state index in [4.69, 9.17) is 0 Å². The summed E-state index contributed by atoms with van der Waals surface area (Å²) in [6.07, 6.45) is 1.34. The number of carbonyl (C=O) groups excluding carboxylic acids is 1. The van der Waals surface area contributed by atoms with E-state index in [1.165, 1.54) is 41.9 Å². The molecule has 2 heterocycles. The van der Waals surface area contributed by atoms with Gasteiger partial charge in [0.25, 0.3) is 5.56 Å². The summed E-state index contributed by atoms with van der Waals surface area (Å²) in [7, 11) is 0. The Hall–Kier alpha value is -3.32. The zero-order valence-corrected chi connectivity index (χ0v) is 15.8. The minimum Gasteiger partial charge on any atom is -0.273 e. The van der Waals surface area contributed by atoms with E-state index >= 15 is 0 Å². The van der Waals surface area contributed by atoms with Gasteiger partial charge in [0.2, 0.25) is 5.91 Å². The first-order chi connectivity index (χ1) is 13.5. The van der Waals surface area contributed by atoms with Gasteiger partial charge >= 0.3 is 0 Å². The highest BCUT2D eigenvalue weighted by Gasteiger charge is 2.17. The van der Waals surface area contributed by atoms with E-state index in [0.717, 1.165) is 20.7 Å². The lowest BCUT2D eigenvalue weighted by atomic mass is 10.0. The number of nitrogens with one attached hydrogen (secondary N) is 1. The third-order valence-corrected chi connectivity index (χ3v) is 5.39. The molecule has 0 unspecified atom stereocenters. The van der Waals surface area contributed by atoms with Crippen LogP contribution in [0.15, 0.2) is 65.7 Å². The third-order valence-electron chi connectivity index (χ3n) is 4.37. The highest BCUT2D eigenvalue weighted by Crippen LogP contribution is 2.35. The normalized spacial score (nSPS) is 10.9. The van der Waals surface area contributed by atoms with Crippen LogP contribution in [-0.4, -0.2) is 15.6 Å². The number of carbonyl (C=O) groups is 1. The van der Waals surface area contributed by atoms with Crippen LogP contribution in [0.4, 0.5) is 4.39 Å². The van der Waals surface area contributed by atoms with Crippen molar-refractivity contribution < 1.29 is 9.18 Å². The maximum atomic E-state index is 13.0. The molecule has 0 aliphatic carbocycles. The molecule has 0 radical (unpaired) electrons. The smallest absolute Gasteiger partial charge is 0.273 e. The van der Waals surface area contributed by atoms with Crippen molar-refractivity contribution in [1.29, 1.82) is 0 Å². The fraction of sp³-hybridized carbons (Fsp3) is 0.0952. The van der Waals surface area contributed by atoms with Crippen LogP contribution in [0.1, 0.15) is 10.4 Å². The van der Waals surface area contributed by atoms with Crippen LogP contribution < -0.4 is 11.0 Å². The second-order valence-electron chi connectivity index (χ2n) is 6.34. The number of thiophene rings is 1. The minimum absolute atomic E-state index is 0.0268. The standard InChI is InChI=1S/C21H16FN3O2S/c1-13-18(15-5-3-2-4-6-15)19-20(28-13)23-12-25(21(19)27)24-17(26)11-14-7-9-16(22)10-8-14/h2-10,12H,11H2,1H3,(H,24,26). The van der Waals surface area contributed by atoms with Crippen LogP contribution in [0.2, 0.25) is 0 Å². The first-order valence-electron chi connectivity index (χ1n) is 8.63. The van der Waals surface area contributed by atoms with E-state index in [1.54, 1.807) is 0 Å². The second-order valence-corrected chi connectivity index (χ2v) is 7.54. The molecule has 4 aromatic rings. The summed E-state index contributed by atoms with van der Waals surface area (Å²) < 4.78 is 14.1. The van der Waals surface area contributed by atoms with Crippen LogP contribution in [0, 0.1) is 12.7 Å². The van der Waals surface area contributed by atoms with Gasteiger partial charge in [-0.05, 0) is 30.2 Å². The van der Waals surface area contributed by atoms with Gasteiger partial charge in [0.05, 0.1) is 11.8 Å². The lowest BCUT2D eigenvalue weighted by Crippen LogP contribution is -2.34. The zero-order valence-electron chi connectivity index (χ0n) is 15.0.